The first-order chi connectivity index (χ1) is 28.0. The van der Waals surface area contributed by atoms with Gasteiger partial charge in [0.05, 0.1) is 29.1 Å². The third-order valence-electron chi connectivity index (χ3n) is 9.92. The summed E-state index contributed by atoms with van der Waals surface area (Å²) in [6, 6.07) is 38.5. The Morgan fingerprint density at radius 1 is 0.574 bits per heavy atom. The van der Waals surface area contributed by atoms with Crippen molar-refractivity contribution in [3.8, 4) is 67.5 Å². The highest BCUT2D eigenvalue weighted by Crippen LogP contribution is 2.44. The molecule has 0 unspecified atom stereocenters. The number of benzene rings is 6. The zero-order chi connectivity index (χ0) is 42.0. The van der Waals surface area contributed by atoms with Gasteiger partial charge >= 0.3 is 0 Å². The third kappa shape index (κ3) is 6.60. The first kappa shape index (κ1) is 29.2. The molecule has 2 heterocycles. The second kappa shape index (κ2) is 13.6. The van der Waals surface area contributed by atoms with Crippen molar-refractivity contribution in [1.82, 2.24) is 14.5 Å². The number of hydrogen-bond acceptors (Lipinski definition) is 3. The molecule has 0 aliphatic carbocycles. The summed E-state index contributed by atoms with van der Waals surface area (Å²) in [6.45, 7) is 12.9. The Morgan fingerprint density at radius 2 is 1.26 bits per heavy atom. The summed E-state index contributed by atoms with van der Waals surface area (Å²) >= 11 is 0. The van der Waals surface area contributed by atoms with Crippen molar-refractivity contribution >= 4 is 11.0 Å². The number of phenols is 1. The van der Waals surface area contributed by atoms with E-state index in [-0.39, 0.29) is 46.3 Å². The molecule has 6 aromatic carbocycles. The topological polar surface area (TPSA) is 50.9 Å². The van der Waals surface area contributed by atoms with Crippen molar-refractivity contribution in [3.05, 3.63) is 169 Å². The molecule has 4 nitrogen and oxygen atoms in total. The minimum atomic E-state index is -0.433. The summed E-state index contributed by atoms with van der Waals surface area (Å²) in [5, 5.41) is 12.1. The Morgan fingerprint density at radius 3 is 1.96 bits per heavy atom. The van der Waals surface area contributed by atoms with Gasteiger partial charge in [0.15, 0.2) is 0 Å². The average molecular weight is 709 g/mol. The van der Waals surface area contributed by atoms with E-state index in [1.165, 1.54) is 0 Å². The zero-order valence-electron chi connectivity index (χ0n) is 36.4. The molecule has 0 saturated carbocycles. The second-order valence-corrected chi connectivity index (χ2v) is 15.8. The number of aromatic nitrogens is 3. The molecule has 8 rings (SSSR count). The van der Waals surface area contributed by atoms with Crippen LogP contribution in [0.5, 0.6) is 5.75 Å². The molecule has 54 heavy (non-hydrogen) atoms. The maximum Gasteiger partial charge on any atom is 0.149 e. The molecule has 266 valence electrons. The number of fused-ring (bicyclic) bond motifs is 1. The predicted octanol–water partition coefficient (Wildman–Crippen LogP) is 13.1. The fourth-order valence-corrected chi connectivity index (χ4v) is 7.03. The van der Waals surface area contributed by atoms with Crippen LogP contribution >= 0.6 is 0 Å². The van der Waals surface area contributed by atoms with Gasteiger partial charge in [0.25, 0.3) is 0 Å². The van der Waals surface area contributed by atoms with Crippen LogP contribution in [0.25, 0.3) is 72.7 Å². The maximum atomic E-state index is 12.1. The van der Waals surface area contributed by atoms with Crippen LogP contribution in [0.3, 0.4) is 0 Å². The third-order valence-corrected chi connectivity index (χ3v) is 9.92. The van der Waals surface area contributed by atoms with Gasteiger partial charge < -0.3 is 5.11 Å². The normalized spacial score (nSPS) is 13.3. The highest BCUT2D eigenvalue weighted by molar-refractivity contribution is 5.97. The first-order valence-electron chi connectivity index (χ1n) is 20.7. The van der Waals surface area contributed by atoms with Crippen LogP contribution in [0.2, 0.25) is 0 Å². The van der Waals surface area contributed by atoms with Gasteiger partial charge in [-0.2, -0.15) is 0 Å². The molecule has 0 fully saturated rings. The first-order valence-corrected chi connectivity index (χ1v) is 18.2. The summed E-state index contributed by atoms with van der Waals surface area (Å²) in [5.74, 6) is 0.832. The Labute approximate surface area is 325 Å². The van der Waals surface area contributed by atoms with Crippen molar-refractivity contribution in [1.29, 1.82) is 0 Å². The van der Waals surface area contributed by atoms with Gasteiger partial charge in [-0.25, -0.2) is 4.98 Å². The van der Waals surface area contributed by atoms with Crippen molar-refractivity contribution in [3.63, 3.8) is 0 Å². The van der Waals surface area contributed by atoms with E-state index in [0.717, 1.165) is 55.7 Å². The Kier molecular flexibility index (Phi) is 7.37. The van der Waals surface area contributed by atoms with Gasteiger partial charge in [-0.1, -0.05) is 138 Å². The zero-order valence-corrected chi connectivity index (χ0v) is 31.4. The SMILES string of the molecule is [2H]c1c([2H])c([2H])c(-c2ccnc(-c3cc(-c4ccccc4)cc(-c4cccc5c4nc(-c4cc(C(C)(C)C)cc(C(C)(C)C)c4O)n5-c4ccccc4)c3)c2)c([2H])c1[2H]. The number of aromatic hydroxyl groups is 1. The van der Waals surface area contributed by atoms with E-state index in [1.54, 1.807) is 18.3 Å². The average Bonchev–Trinajstić information content (AvgIpc) is 3.62. The summed E-state index contributed by atoms with van der Waals surface area (Å²) in [5.41, 5.74) is 10.3. The van der Waals surface area contributed by atoms with Gasteiger partial charge in [-0.3, -0.25) is 9.55 Å². The van der Waals surface area contributed by atoms with Crippen LogP contribution in [-0.2, 0) is 10.8 Å². The fraction of sp³-hybridized carbons (Fsp3) is 0.160. The number of hydrogen-bond donors (Lipinski definition) is 1. The number of rotatable bonds is 6. The Balaban J connectivity index is 1.40. The lowest BCUT2D eigenvalue weighted by atomic mass is 9.79. The molecule has 0 aliphatic rings. The van der Waals surface area contributed by atoms with Crippen LogP contribution in [0.1, 0.15) is 59.5 Å². The summed E-state index contributed by atoms with van der Waals surface area (Å²) in [4.78, 5) is 10.2. The number of imidazole rings is 1. The molecule has 0 spiro atoms. The molecular weight excluding hydrogens is 659 g/mol. The van der Waals surface area contributed by atoms with E-state index in [4.69, 9.17) is 16.8 Å². The van der Waals surface area contributed by atoms with E-state index < -0.39 is 6.04 Å². The molecule has 0 bridgehead atoms. The Bertz CT molecular complexity index is 2880. The van der Waals surface area contributed by atoms with Crippen molar-refractivity contribution < 1.29 is 12.0 Å². The summed E-state index contributed by atoms with van der Waals surface area (Å²) < 4.78 is 44.1. The molecule has 0 radical (unpaired) electrons. The standard InChI is InChI=1S/C50H45N3O/c1-49(2,3)39-31-42(47(54)43(32-39)50(4,5)6)48-52-46-41(23-16-24-45(46)53(48)40-21-14-9-15-22-40)37-27-36(34-19-12-8-13-20-34)28-38(29-37)44-30-35(25-26-51-44)33-17-10-7-11-18-33/h7-32,54H,1-6H3/i7D,10D,11D,17D,18D. The van der Waals surface area contributed by atoms with Gasteiger partial charge in [-0.15, -0.1) is 0 Å². The highest BCUT2D eigenvalue weighted by Gasteiger charge is 2.28. The molecule has 8 aromatic rings. The summed E-state index contributed by atoms with van der Waals surface area (Å²) in [6.07, 6.45) is 1.61. The largest absolute Gasteiger partial charge is 0.507 e. The van der Waals surface area contributed by atoms with E-state index >= 15 is 0 Å². The minimum absolute atomic E-state index is 0.122. The lowest BCUT2D eigenvalue weighted by Crippen LogP contribution is -2.17. The van der Waals surface area contributed by atoms with Crippen LogP contribution < -0.4 is 0 Å². The van der Waals surface area contributed by atoms with E-state index in [2.05, 4.69) is 113 Å². The summed E-state index contributed by atoms with van der Waals surface area (Å²) in [7, 11) is 0. The maximum absolute atomic E-state index is 12.1. The lowest BCUT2D eigenvalue weighted by Gasteiger charge is -2.27. The van der Waals surface area contributed by atoms with Gasteiger partial charge in [0.2, 0.25) is 0 Å². The predicted molar refractivity (Wildman–Crippen MR) is 225 cm³/mol. The van der Waals surface area contributed by atoms with Crippen LogP contribution in [0.15, 0.2) is 158 Å². The molecule has 1 N–H and O–H groups in total. The smallest absolute Gasteiger partial charge is 0.149 e. The fourth-order valence-electron chi connectivity index (χ4n) is 7.03. The van der Waals surface area contributed by atoms with Crippen molar-refractivity contribution in [2.45, 2.75) is 52.4 Å². The Hall–Kier alpha value is -6.26. The van der Waals surface area contributed by atoms with Gasteiger partial charge in [0, 0.05) is 28.6 Å². The van der Waals surface area contributed by atoms with Gasteiger partial charge in [0.1, 0.15) is 11.6 Å². The second-order valence-electron chi connectivity index (χ2n) is 15.8. The molecule has 0 amide bonds. The number of pyridine rings is 1. The molecule has 4 heteroatoms. The molecule has 0 aliphatic heterocycles. The van der Waals surface area contributed by atoms with Crippen molar-refractivity contribution in [2.24, 2.45) is 0 Å². The quantitative estimate of drug-likeness (QED) is 0.187. The number of para-hydroxylation sites is 2. The van der Waals surface area contributed by atoms with Crippen molar-refractivity contribution in [2.75, 3.05) is 0 Å². The van der Waals surface area contributed by atoms with E-state index in [1.807, 2.05) is 42.5 Å². The van der Waals surface area contributed by atoms with Crippen LogP contribution in [-0.4, -0.2) is 19.6 Å². The van der Waals surface area contributed by atoms with Crippen LogP contribution in [0, 0.1) is 0 Å². The molecule has 0 atom stereocenters. The van der Waals surface area contributed by atoms with Crippen LogP contribution in [0.4, 0.5) is 0 Å². The molecule has 0 saturated heterocycles. The lowest BCUT2D eigenvalue weighted by molar-refractivity contribution is 0.446. The molecular formula is C50H45N3O. The minimum Gasteiger partial charge on any atom is -0.507 e. The monoisotopic (exact) mass is 708 g/mol. The van der Waals surface area contributed by atoms with Gasteiger partial charge in [-0.05, 0) is 98.8 Å². The van der Waals surface area contributed by atoms with E-state index in [9.17, 15) is 5.11 Å². The molecule has 2 aromatic heterocycles. The number of nitrogens with zero attached hydrogens (tertiary/aromatic N) is 3. The van der Waals surface area contributed by atoms with E-state index in [0.29, 0.717) is 22.6 Å². The highest BCUT2D eigenvalue weighted by atomic mass is 16.3. The number of phenolic OH excluding ortho intramolecular Hbond substituents is 1.